The molecule has 1 saturated carbocycles. The van der Waals surface area contributed by atoms with Crippen LogP contribution in [0.3, 0.4) is 0 Å². The van der Waals surface area contributed by atoms with Gasteiger partial charge in [0.15, 0.2) is 0 Å². The largest absolute Gasteiger partial charge is 0.465 e. The van der Waals surface area contributed by atoms with Gasteiger partial charge in [0.25, 0.3) is 0 Å². The highest BCUT2D eigenvalue weighted by atomic mass is 16.5. The molecule has 0 spiro atoms. The molecule has 0 bridgehead atoms. The van der Waals surface area contributed by atoms with E-state index in [0.29, 0.717) is 19.2 Å². The van der Waals surface area contributed by atoms with Crippen LogP contribution in [0.4, 0.5) is 0 Å². The van der Waals surface area contributed by atoms with Crippen molar-refractivity contribution in [2.45, 2.75) is 52.0 Å². The minimum Gasteiger partial charge on any atom is -0.465 e. The van der Waals surface area contributed by atoms with Gasteiger partial charge in [-0.25, -0.2) is 0 Å². The van der Waals surface area contributed by atoms with Crippen LogP contribution >= 0.6 is 0 Å². The second-order valence-corrected chi connectivity index (χ2v) is 4.37. The first kappa shape index (κ1) is 12.5. The van der Waals surface area contributed by atoms with Crippen LogP contribution < -0.4 is 5.32 Å². The number of nitrogens with one attached hydrogen (secondary N) is 1. The third kappa shape index (κ3) is 4.65. The summed E-state index contributed by atoms with van der Waals surface area (Å²) in [5, 5.41) is 3.26. The molecule has 0 heterocycles. The monoisotopic (exact) mass is 213 g/mol. The third-order valence-corrected chi connectivity index (χ3v) is 3.23. The highest BCUT2D eigenvalue weighted by molar-refractivity contribution is 5.71. The highest BCUT2D eigenvalue weighted by Gasteiger charge is 2.20. The van der Waals surface area contributed by atoms with Crippen LogP contribution in [0.1, 0.15) is 46.0 Å². The second kappa shape index (κ2) is 6.83. The van der Waals surface area contributed by atoms with E-state index in [-0.39, 0.29) is 5.97 Å². The van der Waals surface area contributed by atoms with Gasteiger partial charge in [-0.2, -0.15) is 0 Å². The normalized spacial score (nSPS) is 19.9. The van der Waals surface area contributed by atoms with E-state index in [9.17, 15) is 4.79 Å². The lowest BCUT2D eigenvalue weighted by molar-refractivity contribution is -0.142. The van der Waals surface area contributed by atoms with Crippen molar-refractivity contribution in [2.24, 2.45) is 5.92 Å². The van der Waals surface area contributed by atoms with Gasteiger partial charge in [0, 0.05) is 6.04 Å². The molecule has 0 aromatic heterocycles. The lowest BCUT2D eigenvalue weighted by Crippen LogP contribution is -2.38. The van der Waals surface area contributed by atoms with Gasteiger partial charge < -0.3 is 10.1 Å². The minimum atomic E-state index is -0.139. The van der Waals surface area contributed by atoms with Crippen LogP contribution in [0.2, 0.25) is 0 Å². The number of ether oxygens (including phenoxy) is 1. The van der Waals surface area contributed by atoms with E-state index in [2.05, 4.69) is 12.2 Å². The minimum absolute atomic E-state index is 0.139. The van der Waals surface area contributed by atoms with Crippen LogP contribution in [-0.4, -0.2) is 25.2 Å². The van der Waals surface area contributed by atoms with E-state index >= 15 is 0 Å². The van der Waals surface area contributed by atoms with Crippen molar-refractivity contribution in [1.82, 2.24) is 5.32 Å². The van der Waals surface area contributed by atoms with Crippen molar-refractivity contribution in [3.63, 3.8) is 0 Å². The van der Waals surface area contributed by atoms with Crippen molar-refractivity contribution in [2.75, 3.05) is 13.2 Å². The molecule has 1 aliphatic carbocycles. The Bertz CT molecular complexity index is 188. The summed E-state index contributed by atoms with van der Waals surface area (Å²) in [5.41, 5.74) is 0. The van der Waals surface area contributed by atoms with E-state index in [0.717, 1.165) is 5.92 Å². The predicted molar refractivity (Wildman–Crippen MR) is 60.7 cm³/mol. The zero-order chi connectivity index (χ0) is 11.1. The Balaban J connectivity index is 2.16. The van der Waals surface area contributed by atoms with E-state index in [1.807, 2.05) is 6.92 Å². The Morgan fingerprint density at radius 1 is 1.40 bits per heavy atom. The first-order chi connectivity index (χ1) is 7.24. The highest BCUT2D eigenvalue weighted by Crippen LogP contribution is 2.26. The fourth-order valence-corrected chi connectivity index (χ4v) is 2.26. The molecule has 1 rings (SSSR count). The summed E-state index contributed by atoms with van der Waals surface area (Å²) in [6.07, 6.45) is 6.67. The van der Waals surface area contributed by atoms with E-state index in [1.165, 1.54) is 32.1 Å². The van der Waals surface area contributed by atoms with Crippen LogP contribution in [-0.2, 0) is 9.53 Å². The van der Waals surface area contributed by atoms with Crippen molar-refractivity contribution in [3.8, 4) is 0 Å². The Morgan fingerprint density at radius 3 is 2.67 bits per heavy atom. The molecule has 88 valence electrons. The van der Waals surface area contributed by atoms with Gasteiger partial charge in [-0.05, 0) is 32.6 Å². The fraction of sp³-hybridized carbons (Fsp3) is 0.917. The maximum atomic E-state index is 11.1. The molecule has 15 heavy (non-hydrogen) atoms. The van der Waals surface area contributed by atoms with Gasteiger partial charge in [0.1, 0.15) is 0 Å². The van der Waals surface area contributed by atoms with Gasteiger partial charge in [0.2, 0.25) is 0 Å². The lowest BCUT2D eigenvalue weighted by Gasteiger charge is -2.28. The molecule has 3 nitrogen and oxygen atoms in total. The number of hydrogen-bond acceptors (Lipinski definition) is 3. The molecule has 1 atom stereocenters. The van der Waals surface area contributed by atoms with E-state index in [1.54, 1.807) is 0 Å². The standard InChI is InChI=1S/C12H23NO2/c1-3-15-12(14)9-13-10(2)11-7-5-4-6-8-11/h10-11,13H,3-9H2,1-2H3/t10-/m1/s1. The van der Waals surface area contributed by atoms with Gasteiger partial charge >= 0.3 is 5.97 Å². The second-order valence-electron chi connectivity index (χ2n) is 4.37. The van der Waals surface area contributed by atoms with Crippen molar-refractivity contribution < 1.29 is 9.53 Å². The van der Waals surface area contributed by atoms with E-state index < -0.39 is 0 Å². The molecule has 0 saturated heterocycles. The van der Waals surface area contributed by atoms with Crippen molar-refractivity contribution >= 4 is 5.97 Å². The van der Waals surface area contributed by atoms with E-state index in [4.69, 9.17) is 4.74 Å². The van der Waals surface area contributed by atoms with Gasteiger partial charge in [0.05, 0.1) is 13.2 Å². The van der Waals surface area contributed by atoms with Gasteiger partial charge in [-0.15, -0.1) is 0 Å². The summed E-state index contributed by atoms with van der Waals surface area (Å²) in [6, 6.07) is 0.440. The summed E-state index contributed by atoms with van der Waals surface area (Å²) >= 11 is 0. The molecular weight excluding hydrogens is 190 g/mol. The van der Waals surface area contributed by atoms with Crippen LogP contribution in [0.25, 0.3) is 0 Å². The van der Waals surface area contributed by atoms with Crippen LogP contribution in [0.15, 0.2) is 0 Å². The topological polar surface area (TPSA) is 38.3 Å². The molecule has 1 aliphatic rings. The molecule has 0 amide bonds. The zero-order valence-corrected chi connectivity index (χ0v) is 9.92. The van der Waals surface area contributed by atoms with Gasteiger partial charge in [-0.3, -0.25) is 4.79 Å². The summed E-state index contributed by atoms with van der Waals surface area (Å²) in [5.74, 6) is 0.605. The molecule has 0 unspecified atom stereocenters. The lowest BCUT2D eigenvalue weighted by atomic mass is 9.84. The molecule has 3 heteroatoms. The maximum Gasteiger partial charge on any atom is 0.319 e. The average Bonchev–Trinajstić information content (AvgIpc) is 2.27. The maximum absolute atomic E-state index is 11.1. The fourth-order valence-electron chi connectivity index (χ4n) is 2.26. The van der Waals surface area contributed by atoms with Crippen LogP contribution in [0, 0.1) is 5.92 Å². The predicted octanol–water partition coefficient (Wildman–Crippen LogP) is 2.11. The number of rotatable bonds is 5. The molecule has 1 N–H and O–H groups in total. The number of carbonyl (C=O) groups is 1. The molecular formula is C12H23NO2. The van der Waals surface area contributed by atoms with Crippen molar-refractivity contribution in [3.05, 3.63) is 0 Å². The summed E-state index contributed by atoms with van der Waals surface area (Å²) in [6.45, 7) is 4.83. The Labute approximate surface area is 92.6 Å². The summed E-state index contributed by atoms with van der Waals surface area (Å²) in [7, 11) is 0. The quantitative estimate of drug-likeness (QED) is 0.711. The van der Waals surface area contributed by atoms with Gasteiger partial charge in [-0.1, -0.05) is 19.3 Å². The first-order valence-corrected chi connectivity index (χ1v) is 6.13. The van der Waals surface area contributed by atoms with Crippen molar-refractivity contribution in [1.29, 1.82) is 0 Å². The Hall–Kier alpha value is -0.570. The molecule has 0 aromatic rings. The summed E-state index contributed by atoms with van der Waals surface area (Å²) in [4.78, 5) is 11.1. The number of esters is 1. The summed E-state index contributed by atoms with van der Waals surface area (Å²) < 4.78 is 4.88. The number of hydrogen-bond donors (Lipinski definition) is 1. The van der Waals surface area contributed by atoms with Crippen LogP contribution in [0.5, 0.6) is 0 Å². The molecule has 0 aromatic carbocycles. The Kier molecular flexibility index (Phi) is 5.69. The Morgan fingerprint density at radius 2 is 2.07 bits per heavy atom. The average molecular weight is 213 g/mol. The zero-order valence-electron chi connectivity index (χ0n) is 9.92. The SMILES string of the molecule is CCOC(=O)CN[C@H](C)C1CCCCC1. The third-order valence-electron chi connectivity index (χ3n) is 3.23. The molecule has 0 aliphatic heterocycles. The first-order valence-electron chi connectivity index (χ1n) is 6.13. The number of carbonyl (C=O) groups excluding carboxylic acids is 1. The molecule has 0 radical (unpaired) electrons. The molecule has 1 fully saturated rings. The smallest absolute Gasteiger partial charge is 0.319 e.